The summed E-state index contributed by atoms with van der Waals surface area (Å²) in [5.74, 6) is 0.244. The maximum absolute atomic E-state index is 12.1. The minimum atomic E-state index is -2.78. The van der Waals surface area contributed by atoms with Crippen molar-refractivity contribution in [3.05, 3.63) is 29.8 Å². The molecule has 1 aromatic carbocycles. The minimum Gasteiger partial charge on any atom is -0.435 e. The van der Waals surface area contributed by atoms with Crippen LogP contribution >= 0.6 is 0 Å². The summed E-state index contributed by atoms with van der Waals surface area (Å²) in [6.07, 6.45) is 1.41. The van der Waals surface area contributed by atoms with Crippen molar-refractivity contribution in [2.24, 2.45) is 5.73 Å². The molecule has 0 bridgehead atoms. The first-order valence-corrected chi connectivity index (χ1v) is 4.88. The molecule has 15 heavy (non-hydrogen) atoms. The number of hydrogen-bond donors (Lipinski definition) is 1. The van der Waals surface area contributed by atoms with Crippen LogP contribution in [0.4, 0.5) is 8.78 Å². The number of hydrogen-bond acceptors (Lipinski definition) is 2. The summed E-state index contributed by atoms with van der Waals surface area (Å²) in [5, 5.41) is 0. The second-order valence-corrected chi connectivity index (χ2v) is 3.50. The third-order valence-electron chi connectivity index (χ3n) is 2.06. The summed E-state index contributed by atoms with van der Waals surface area (Å²) in [4.78, 5) is 0. The third kappa shape index (κ3) is 4.25. The average Bonchev–Trinajstić information content (AvgIpc) is 2.15. The standard InChI is InChI=1S/C11H15F2NO/c1-8(14)6-7-9-4-2-3-5-10(9)15-11(12)13/h2-5,8,11H,6-7,14H2,1H3. The molecule has 84 valence electrons. The van der Waals surface area contributed by atoms with E-state index in [9.17, 15) is 8.78 Å². The van der Waals surface area contributed by atoms with E-state index >= 15 is 0 Å². The molecule has 1 rings (SSSR count). The number of aryl methyl sites for hydroxylation is 1. The summed E-state index contributed by atoms with van der Waals surface area (Å²) < 4.78 is 28.5. The van der Waals surface area contributed by atoms with Crippen LogP contribution in [0.3, 0.4) is 0 Å². The van der Waals surface area contributed by atoms with Gasteiger partial charge in [0.15, 0.2) is 0 Å². The van der Waals surface area contributed by atoms with Crippen LogP contribution in [-0.4, -0.2) is 12.7 Å². The zero-order valence-electron chi connectivity index (χ0n) is 8.62. The smallest absolute Gasteiger partial charge is 0.387 e. The Hall–Kier alpha value is -1.16. The summed E-state index contributed by atoms with van der Waals surface area (Å²) in [5.41, 5.74) is 6.38. The maximum Gasteiger partial charge on any atom is 0.387 e. The molecule has 4 heteroatoms. The van der Waals surface area contributed by atoms with Gasteiger partial charge in [-0.2, -0.15) is 8.78 Å². The van der Waals surface area contributed by atoms with Gasteiger partial charge in [-0.15, -0.1) is 0 Å². The van der Waals surface area contributed by atoms with Crippen LogP contribution in [0.15, 0.2) is 24.3 Å². The molecule has 0 amide bonds. The summed E-state index contributed by atoms with van der Waals surface area (Å²) in [6.45, 7) is -0.891. The number of benzene rings is 1. The molecule has 1 unspecified atom stereocenters. The quantitative estimate of drug-likeness (QED) is 0.819. The molecule has 0 aliphatic heterocycles. The topological polar surface area (TPSA) is 35.2 Å². The van der Waals surface area contributed by atoms with Gasteiger partial charge in [-0.1, -0.05) is 18.2 Å². The minimum absolute atomic E-state index is 0.0598. The average molecular weight is 215 g/mol. The van der Waals surface area contributed by atoms with Gasteiger partial charge in [-0.3, -0.25) is 0 Å². The molecule has 0 radical (unpaired) electrons. The van der Waals surface area contributed by atoms with Crippen molar-refractivity contribution >= 4 is 0 Å². The Labute approximate surface area is 88.0 Å². The fourth-order valence-electron chi connectivity index (χ4n) is 1.30. The molecule has 2 nitrogen and oxygen atoms in total. The number of ether oxygens (including phenoxy) is 1. The van der Waals surface area contributed by atoms with Gasteiger partial charge in [-0.25, -0.2) is 0 Å². The monoisotopic (exact) mass is 215 g/mol. The van der Waals surface area contributed by atoms with Gasteiger partial charge >= 0.3 is 6.61 Å². The van der Waals surface area contributed by atoms with E-state index in [2.05, 4.69) is 4.74 Å². The Morgan fingerprint density at radius 1 is 1.33 bits per heavy atom. The summed E-state index contributed by atoms with van der Waals surface area (Å²) >= 11 is 0. The summed E-state index contributed by atoms with van der Waals surface area (Å²) in [7, 11) is 0. The molecule has 0 heterocycles. The van der Waals surface area contributed by atoms with Crippen molar-refractivity contribution in [1.29, 1.82) is 0 Å². The SMILES string of the molecule is CC(N)CCc1ccccc1OC(F)F. The number of alkyl halides is 2. The van der Waals surface area contributed by atoms with E-state index in [4.69, 9.17) is 5.73 Å². The predicted octanol–water partition coefficient (Wildman–Crippen LogP) is 2.57. The lowest BCUT2D eigenvalue weighted by Gasteiger charge is -2.11. The van der Waals surface area contributed by atoms with Crippen LogP contribution in [0.1, 0.15) is 18.9 Å². The number of halogens is 2. The molecule has 1 atom stereocenters. The molecule has 0 aliphatic carbocycles. The Morgan fingerprint density at radius 3 is 2.60 bits per heavy atom. The van der Waals surface area contributed by atoms with Crippen molar-refractivity contribution in [1.82, 2.24) is 0 Å². The third-order valence-corrected chi connectivity index (χ3v) is 2.06. The Balaban J connectivity index is 2.68. The molecule has 1 aromatic rings. The van der Waals surface area contributed by atoms with Crippen LogP contribution < -0.4 is 10.5 Å². The van der Waals surface area contributed by atoms with E-state index in [0.717, 1.165) is 12.0 Å². The second kappa shape index (κ2) is 5.66. The van der Waals surface area contributed by atoms with Crippen molar-refractivity contribution < 1.29 is 13.5 Å². The van der Waals surface area contributed by atoms with Crippen molar-refractivity contribution in [2.75, 3.05) is 0 Å². The molecule has 2 N–H and O–H groups in total. The normalized spacial score (nSPS) is 12.9. The van der Waals surface area contributed by atoms with Gasteiger partial charge in [0, 0.05) is 6.04 Å². The zero-order chi connectivity index (χ0) is 11.3. The van der Waals surface area contributed by atoms with Gasteiger partial charge in [0.2, 0.25) is 0 Å². The van der Waals surface area contributed by atoms with E-state index in [-0.39, 0.29) is 11.8 Å². The molecular formula is C11H15F2NO. The lowest BCUT2D eigenvalue weighted by molar-refractivity contribution is -0.0504. The highest BCUT2D eigenvalue weighted by Crippen LogP contribution is 2.21. The van der Waals surface area contributed by atoms with E-state index in [0.29, 0.717) is 6.42 Å². The lowest BCUT2D eigenvalue weighted by atomic mass is 10.1. The first kappa shape index (κ1) is 11.9. The number of nitrogens with two attached hydrogens (primary N) is 1. The molecule has 0 aliphatic rings. The predicted molar refractivity (Wildman–Crippen MR) is 55.0 cm³/mol. The van der Waals surface area contributed by atoms with Crippen molar-refractivity contribution in [3.8, 4) is 5.75 Å². The molecule has 0 saturated carbocycles. The summed E-state index contributed by atoms with van der Waals surface area (Å²) in [6, 6.07) is 6.86. The van der Waals surface area contributed by atoms with Crippen LogP contribution in [-0.2, 0) is 6.42 Å². The van der Waals surface area contributed by atoms with Gasteiger partial charge < -0.3 is 10.5 Å². The maximum atomic E-state index is 12.1. The molecular weight excluding hydrogens is 200 g/mol. The van der Waals surface area contributed by atoms with Crippen LogP contribution in [0.5, 0.6) is 5.75 Å². The highest BCUT2D eigenvalue weighted by atomic mass is 19.3. The van der Waals surface area contributed by atoms with Gasteiger partial charge in [0.1, 0.15) is 5.75 Å². The molecule has 0 fully saturated rings. The van der Waals surface area contributed by atoms with Gasteiger partial charge in [0.05, 0.1) is 0 Å². The van der Waals surface area contributed by atoms with Crippen LogP contribution in [0, 0.1) is 0 Å². The fourth-order valence-corrected chi connectivity index (χ4v) is 1.30. The Morgan fingerprint density at radius 2 is 2.00 bits per heavy atom. The highest BCUT2D eigenvalue weighted by Gasteiger charge is 2.09. The molecule has 0 saturated heterocycles. The molecule has 0 spiro atoms. The van der Waals surface area contributed by atoms with E-state index in [1.165, 1.54) is 0 Å². The fraction of sp³-hybridized carbons (Fsp3) is 0.455. The van der Waals surface area contributed by atoms with Crippen LogP contribution in [0.25, 0.3) is 0 Å². The Bertz CT molecular complexity index is 302. The van der Waals surface area contributed by atoms with E-state index in [1.807, 2.05) is 6.92 Å². The lowest BCUT2D eigenvalue weighted by Crippen LogP contribution is -2.15. The molecule has 0 aromatic heterocycles. The Kier molecular flexibility index (Phi) is 4.49. The largest absolute Gasteiger partial charge is 0.435 e. The first-order valence-electron chi connectivity index (χ1n) is 4.88. The zero-order valence-corrected chi connectivity index (χ0v) is 8.62. The second-order valence-electron chi connectivity index (χ2n) is 3.50. The van der Waals surface area contributed by atoms with Crippen LogP contribution in [0.2, 0.25) is 0 Å². The van der Waals surface area contributed by atoms with E-state index in [1.54, 1.807) is 24.3 Å². The van der Waals surface area contributed by atoms with Crippen molar-refractivity contribution in [2.45, 2.75) is 32.4 Å². The van der Waals surface area contributed by atoms with E-state index < -0.39 is 6.61 Å². The van der Waals surface area contributed by atoms with Gasteiger partial charge in [0.25, 0.3) is 0 Å². The van der Waals surface area contributed by atoms with Crippen molar-refractivity contribution in [3.63, 3.8) is 0 Å². The van der Waals surface area contributed by atoms with Gasteiger partial charge in [-0.05, 0) is 31.4 Å². The highest BCUT2D eigenvalue weighted by molar-refractivity contribution is 5.33. The number of para-hydroxylation sites is 1. The first-order chi connectivity index (χ1) is 7.09. The number of rotatable bonds is 5.